The number of hydrogen-bond donors (Lipinski definition) is 1. The van der Waals surface area contributed by atoms with Gasteiger partial charge < -0.3 is 5.32 Å². The van der Waals surface area contributed by atoms with Gasteiger partial charge in [-0.3, -0.25) is 4.98 Å². The lowest BCUT2D eigenvalue weighted by Gasteiger charge is -2.19. The first-order chi connectivity index (χ1) is 10.1. The molecule has 1 N–H and O–H groups in total. The van der Waals surface area contributed by atoms with Crippen molar-refractivity contribution < 1.29 is 0 Å². The van der Waals surface area contributed by atoms with Crippen molar-refractivity contribution in [1.82, 2.24) is 10.3 Å². The molecule has 1 aromatic heterocycles. The first kappa shape index (κ1) is 16.2. The lowest BCUT2D eigenvalue weighted by molar-refractivity contribution is 0.548. The first-order valence-corrected chi connectivity index (χ1v) is 8.32. The monoisotopic (exact) mass is 346 g/mol. The molecule has 0 radical (unpaired) electrons. The lowest BCUT2D eigenvalue weighted by atomic mass is 9.97. The average molecular weight is 347 g/mol. The highest BCUT2D eigenvalue weighted by atomic mass is 79.9. The molecule has 1 heterocycles. The number of pyridine rings is 1. The Hall–Kier alpha value is -1.19. The third-order valence-corrected chi connectivity index (χ3v) is 4.10. The van der Waals surface area contributed by atoms with Crippen LogP contribution in [0.3, 0.4) is 0 Å². The molecule has 0 saturated carbocycles. The Balaban J connectivity index is 2.16. The van der Waals surface area contributed by atoms with Crippen LogP contribution in [0.2, 0.25) is 0 Å². The fraction of sp³-hybridized carbons (Fsp3) is 0.389. The van der Waals surface area contributed by atoms with Crippen LogP contribution in [0.4, 0.5) is 0 Å². The maximum Gasteiger partial charge on any atom is 0.0410 e. The third kappa shape index (κ3) is 4.65. The molecule has 2 nitrogen and oxygen atoms in total. The van der Waals surface area contributed by atoms with Crippen LogP contribution in [0.25, 0.3) is 0 Å². The topological polar surface area (TPSA) is 24.9 Å². The third-order valence-electron chi connectivity index (χ3n) is 3.67. The molecule has 0 aliphatic heterocycles. The standard InChI is InChI=1S/C18H23BrN2/c1-4-21-18(16-10-17(19)12-20-11-16)9-14-5-7-15(8-6-14)13(2)3/h5-8,10-13,18,21H,4,9H2,1-3H3. The zero-order valence-electron chi connectivity index (χ0n) is 12.9. The van der Waals surface area contributed by atoms with E-state index in [2.05, 4.69) is 77.3 Å². The van der Waals surface area contributed by atoms with Crippen LogP contribution in [0, 0.1) is 0 Å². The molecule has 0 saturated heterocycles. The molecule has 1 atom stereocenters. The molecule has 112 valence electrons. The molecule has 1 unspecified atom stereocenters. The van der Waals surface area contributed by atoms with Crippen LogP contribution in [-0.2, 0) is 6.42 Å². The molecule has 1 aromatic carbocycles. The van der Waals surface area contributed by atoms with Gasteiger partial charge in [0.05, 0.1) is 0 Å². The zero-order valence-corrected chi connectivity index (χ0v) is 14.5. The Morgan fingerprint density at radius 3 is 2.38 bits per heavy atom. The van der Waals surface area contributed by atoms with Crippen LogP contribution in [0.1, 0.15) is 49.4 Å². The molecular weight excluding hydrogens is 324 g/mol. The summed E-state index contributed by atoms with van der Waals surface area (Å²) in [4.78, 5) is 4.28. The maximum atomic E-state index is 4.28. The van der Waals surface area contributed by atoms with Crippen molar-refractivity contribution in [2.75, 3.05) is 6.54 Å². The minimum atomic E-state index is 0.296. The van der Waals surface area contributed by atoms with Gasteiger partial charge in [0, 0.05) is 22.9 Å². The zero-order chi connectivity index (χ0) is 15.2. The molecule has 0 aliphatic carbocycles. The summed E-state index contributed by atoms with van der Waals surface area (Å²) in [7, 11) is 0. The smallest absolute Gasteiger partial charge is 0.0410 e. The lowest BCUT2D eigenvalue weighted by Crippen LogP contribution is -2.23. The number of rotatable bonds is 6. The summed E-state index contributed by atoms with van der Waals surface area (Å²) in [6.45, 7) is 7.54. The van der Waals surface area contributed by atoms with Gasteiger partial charge in [0.25, 0.3) is 0 Å². The molecule has 0 aliphatic rings. The summed E-state index contributed by atoms with van der Waals surface area (Å²) in [6.07, 6.45) is 4.74. The molecule has 0 amide bonds. The largest absolute Gasteiger partial charge is 0.310 e. The summed E-state index contributed by atoms with van der Waals surface area (Å²) in [5.41, 5.74) is 3.97. The highest BCUT2D eigenvalue weighted by Crippen LogP contribution is 2.22. The van der Waals surface area contributed by atoms with Gasteiger partial charge in [0.15, 0.2) is 0 Å². The highest BCUT2D eigenvalue weighted by Gasteiger charge is 2.12. The van der Waals surface area contributed by atoms with Crippen LogP contribution < -0.4 is 5.32 Å². The van der Waals surface area contributed by atoms with Gasteiger partial charge >= 0.3 is 0 Å². The van der Waals surface area contributed by atoms with Crippen molar-refractivity contribution in [1.29, 1.82) is 0 Å². The fourth-order valence-electron chi connectivity index (χ4n) is 2.45. The van der Waals surface area contributed by atoms with Crippen molar-refractivity contribution >= 4 is 15.9 Å². The quantitative estimate of drug-likeness (QED) is 0.807. The Morgan fingerprint density at radius 2 is 1.81 bits per heavy atom. The van der Waals surface area contributed by atoms with Gasteiger partial charge in [-0.1, -0.05) is 45.0 Å². The predicted octanol–water partition coefficient (Wildman–Crippen LogP) is 4.86. The summed E-state index contributed by atoms with van der Waals surface area (Å²) < 4.78 is 1.03. The SMILES string of the molecule is CCNC(Cc1ccc(C(C)C)cc1)c1cncc(Br)c1. The van der Waals surface area contributed by atoms with E-state index in [1.165, 1.54) is 16.7 Å². The van der Waals surface area contributed by atoms with E-state index in [0.29, 0.717) is 12.0 Å². The van der Waals surface area contributed by atoms with E-state index in [0.717, 1.165) is 17.4 Å². The Morgan fingerprint density at radius 1 is 1.10 bits per heavy atom. The minimum absolute atomic E-state index is 0.296. The Labute approximate surface area is 136 Å². The number of nitrogens with zero attached hydrogens (tertiary/aromatic N) is 1. The summed E-state index contributed by atoms with van der Waals surface area (Å²) in [5.74, 6) is 0.581. The number of likely N-dealkylation sites (N-methyl/N-ethyl adjacent to an activating group) is 1. The van der Waals surface area contributed by atoms with Gasteiger partial charge in [-0.2, -0.15) is 0 Å². The van der Waals surface area contributed by atoms with Crippen molar-refractivity contribution in [3.05, 3.63) is 63.9 Å². The molecule has 0 bridgehead atoms. The number of aromatic nitrogens is 1. The van der Waals surface area contributed by atoms with Crippen LogP contribution >= 0.6 is 15.9 Å². The Kier molecular flexibility index (Phi) is 5.95. The van der Waals surface area contributed by atoms with Crippen molar-refractivity contribution in [2.45, 2.75) is 39.2 Å². The van der Waals surface area contributed by atoms with Crippen molar-refractivity contribution in [3.63, 3.8) is 0 Å². The minimum Gasteiger partial charge on any atom is -0.310 e. The van der Waals surface area contributed by atoms with Crippen LogP contribution in [0.5, 0.6) is 0 Å². The molecule has 3 heteroatoms. The molecule has 0 fully saturated rings. The van der Waals surface area contributed by atoms with Crippen molar-refractivity contribution in [2.24, 2.45) is 0 Å². The van der Waals surface area contributed by atoms with Gasteiger partial charge in [0.2, 0.25) is 0 Å². The molecule has 21 heavy (non-hydrogen) atoms. The fourth-order valence-corrected chi connectivity index (χ4v) is 2.83. The van der Waals surface area contributed by atoms with E-state index in [1.807, 2.05) is 12.4 Å². The van der Waals surface area contributed by atoms with E-state index in [9.17, 15) is 0 Å². The van der Waals surface area contributed by atoms with E-state index < -0.39 is 0 Å². The Bertz CT molecular complexity index is 564. The molecule has 2 rings (SSSR count). The van der Waals surface area contributed by atoms with Gasteiger partial charge in [-0.15, -0.1) is 0 Å². The molecule has 0 spiro atoms. The van der Waals surface area contributed by atoms with Crippen LogP contribution in [-0.4, -0.2) is 11.5 Å². The number of nitrogens with one attached hydrogen (secondary N) is 1. The number of benzene rings is 1. The van der Waals surface area contributed by atoms with Gasteiger partial charge in [0.1, 0.15) is 0 Å². The second-order valence-electron chi connectivity index (χ2n) is 5.65. The second kappa shape index (κ2) is 7.71. The average Bonchev–Trinajstić information content (AvgIpc) is 2.47. The summed E-state index contributed by atoms with van der Waals surface area (Å²) in [5, 5.41) is 3.55. The van der Waals surface area contributed by atoms with E-state index in [4.69, 9.17) is 0 Å². The van der Waals surface area contributed by atoms with Gasteiger partial charge in [-0.25, -0.2) is 0 Å². The van der Waals surface area contributed by atoms with E-state index in [1.54, 1.807) is 0 Å². The van der Waals surface area contributed by atoms with Crippen LogP contribution in [0.15, 0.2) is 47.2 Å². The summed E-state index contributed by atoms with van der Waals surface area (Å²) >= 11 is 3.50. The van der Waals surface area contributed by atoms with E-state index >= 15 is 0 Å². The predicted molar refractivity (Wildman–Crippen MR) is 92.6 cm³/mol. The van der Waals surface area contributed by atoms with E-state index in [-0.39, 0.29) is 0 Å². The summed E-state index contributed by atoms with van der Waals surface area (Å²) in [6, 6.07) is 11.4. The molecule has 2 aromatic rings. The highest BCUT2D eigenvalue weighted by molar-refractivity contribution is 9.10. The second-order valence-corrected chi connectivity index (χ2v) is 6.56. The normalized spacial score (nSPS) is 12.6. The van der Waals surface area contributed by atoms with Crippen molar-refractivity contribution in [3.8, 4) is 0 Å². The number of halogens is 1. The molecular formula is C18H23BrN2. The first-order valence-electron chi connectivity index (χ1n) is 7.52. The van der Waals surface area contributed by atoms with Gasteiger partial charge in [-0.05, 0) is 57.6 Å². The number of hydrogen-bond acceptors (Lipinski definition) is 2. The maximum absolute atomic E-state index is 4.28.